The molecule has 0 saturated heterocycles. The summed E-state index contributed by atoms with van der Waals surface area (Å²) in [5.74, 6) is -1.94. The van der Waals surface area contributed by atoms with Crippen LogP contribution in [-0.2, 0) is 19.1 Å². The summed E-state index contributed by atoms with van der Waals surface area (Å²) in [5, 5.41) is 11.0. The van der Waals surface area contributed by atoms with Crippen LogP contribution in [0, 0.1) is 0 Å². The van der Waals surface area contributed by atoms with Gasteiger partial charge in [0.25, 0.3) is 5.71 Å². The van der Waals surface area contributed by atoms with E-state index in [0.717, 1.165) is 0 Å². The van der Waals surface area contributed by atoms with Crippen molar-refractivity contribution in [1.29, 1.82) is 0 Å². The van der Waals surface area contributed by atoms with E-state index < -0.39 is 17.7 Å². The fourth-order valence-corrected chi connectivity index (χ4v) is 0.691. The van der Waals surface area contributed by atoms with E-state index in [1.807, 2.05) is 0 Å². The number of rotatable bonds is 6. The summed E-state index contributed by atoms with van der Waals surface area (Å²) in [5.41, 5.74) is -0.725. The van der Waals surface area contributed by atoms with E-state index in [4.69, 9.17) is 5.21 Å². The Kier molecular flexibility index (Phi) is 6.96. The predicted octanol–water partition coefficient (Wildman–Crippen LogP) is 0.723. The molecule has 0 aliphatic rings. The van der Waals surface area contributed by atoms with Crippen molar-refractivity contribution in [2.75, 3.05) is 13.2 Å². The van der Waals surface area contributed by atoms with Crippen LogP contribution in [0.1, 0.15) is 26.7 Å². The molecule has 0 rings (SSSR count). The van der Waals surface area contributed by atoms with Gasteiger partial charge in [-0.3, -0.25) is 0 Å². The van der Waals surface area contributed by atoms with Crippen molar-refractivity contribution in [2.24, 2.45) is 5.16 Å². The molecule has 0 aromatic rings. The van der Waals surface area contributed by atoms with E-state index in [-0.39, 0.29) is 13.2 Å². The Balaban J connectivity index is 4.23. The van der Waals surface area contributed by atoms with Gasteiger partial charge in [-0.25, -0.2) is 9.59 Å². The minimum absolute atomic E-state index is 0.166. The van der Waals surface area contributed by atoms with Crippen LogP contribution in [0.3, 0.4) is 0 Å². The summed E-state index contributed by atoms with van der Waals surface area (Å²) in [4.78, 5) is 22.2. The lowest BCUT2D eigenvalue weighted by Gasteiger charge is -2.04. The van der Waals surface area contributed by atoms with Gasteiger partial charge in [0.05, 0.1) is 13.2 Å². The smallest absolute Gasteiger partial charge is 0.368 e. The summed E-state index contributed by atoms with van der Waals surface area (Å²) in [6.07, 6.45) is 1.24. The molecule has 86 valence electrons. The van der Waals surface area contributed by atoms with Gasteiger partial charge < -0.3 is 14.7 Å². The fourth-order valence-electron chi connectivity index (χ4n) is 0.691. The predicted molar refractivity (Wildman–Crippen MR) is 51.7 cm³/mol. The Morgan fingerprint density at radius 3 is 1.73 bits per heavy atom. The minimum Gasteiger partial charge on any atom is -0.461 e. The first kappa shape index (κ1) is 13.4. The van der Waals surface area contributed by atoms with Gasteiger partial charge in [0, 0.05) is 0 Å². The zero-order chi connectivity index (χ0) is 11.7. The number of hydrogen-bond donors (Lipinski definition) is 1. The molecular formula is C9H15NO5. The summed E-state index contributed by atoms with van der Waals surface area (Å²) >= 11 is 0. The Labute approximate surface area is 87.9 Å². The highest BCUT2D eigenvalue weighted by Crippen LogP contribution is 1.92. The summed E-state index contributed by atoms with van der Waals surface area (Å²) < 4.78 is 9.23. The van der Waals surface area contributed by atoms with Crippen LogP contribution in [0.15, 0.2) is 5.16 Å². The number of nitrogens with zero attached hydrogens (tertiary/aromatic N) is 1. The van der Waals surface area contributed by atoms with Gasteiger partial charge >= 0.3 is 11.9 Å². The second-order valence-corrected chi connectivity index (χ2v) is 2.72. The first-order chi connectivity index (χ1) is 7.17. The first-order valence-electron chi connectivity index (χ1n) is 4.73. The summed E-state index contributed by atoms with van der Waals surface area (Å²) in [6, 6.07) is 0. The maximum Gasteiger partial charge on any atom is 0.368 e. The molecule has 15 heavy (non-hydrogen) atoms. The summed E-state index contributed by atoms with van der Waals surface area (Å²) in [7, 11) is 0. The number of carbonyl (C=O) groups is 2. The third-order valence-corrected chi connectivity index (χ3v) is 1.36. The standard InChI is InChI=1S/C9H15NO5/c1-3-5-14-8(11)7(10-13)9(12)15-6-4-2/h13H,3-6H2,1-2H3. The van der Waals surface area contributed by atoms with E-state index >= 15 is 0 Å². The maximum atomic E-state index is 11.1. The van der Waals surface area contributed by atoms with E-state index in [1.54, 1.807) is 13.8 Å². The van der Waals surface area contributed by atoms with Gasteiger partial charge in [0.15, 0.2) is 0 Å². The zero-order valence-corrected chi connectivity index (χ0v) is 8.86. The largest absolute Gasteiger partial charge is 0.461 e. The normalized spacial score (nSPS) is 9.20. The molecule has 0 aliphatic heterocycles. The number of hydrogen-bond acceptors (Lipinski definition) is 6. The van der Waals surface area contributed by atoms with Gasteiger partial charge in [-0.1, -0.05) is 19.0 Å². The molecule has 0 unspecified atom stereocenters. The Hall–Kier alpha value is -1.59. The van der Waals surface area contributed by atoms with Crippen molar-refractivity contribution in [3.05, 3.63) is 0 Å². The van der Waals surface area contributed by atoms with Crippen LogP contribution in [-0.4, -0.2) is 36.1 Å². The lowest BCUT2D eigenvalue weighted by atomic mass is 10.4. The van der Waals surface area contributed by atoms with Crippen LogP contribution in [0.4, 0.5) is 0 Å². The van der Waals surface area contributed by atoms with E-state index in [2.05, 4.69) is 14.6 Å². The lowest BCUT2D eigenvalue weighted by Crippen LogP contribution is -2.28. The van der Waals surface area contributed by atoms with E-state index in [9.17, 15) is 9.59 Å². The van der Waals surface area contributed by atoms with Crippen molar-refractivity contribution < 1.29 is 24.3 Å². The van der Waals surface area contributed by atoms with E-state index in [1.165, 1.54) is 0 Å². The van der Waals surface area contributed by atoms with Crippen molar-refractivity contribution in [3.63, 3.8) is 0 Å². The molecule has 0 saturated carbocycles. The third-order valence-electron chi connectivity index (χ3n) is 1.36. The quantitative estimate of drug-likeness (QED) is 0.233. The average Bonchev–Trinajstić information content (AvgIpc) is 2.24. The molecule has 6 heteroatoms. The Bertz CT molecular complexity index is 227. The van der Waals surface area contributed by atoms with Gasteiger partial charge in [0.1, 0.15) is 0 Å². The molecular weight excluding hydrogens is 202 g/mol. The molecule has 0 aliphatic carbocycles. The minimum atomic E-state index is -0.972. The number of oxime groups is 1. The number of carbonyl (C=O) groups excluding carboxylic acids is 2. The SMILES string of the molecule is CCCOC(=O)C(=NO)C(=O)OCCC. The zero-order valence-electron chi connectivity index (χ0n) is 8.86. The van der Waals surface area contributed by atoms with Crippen LogP contribution >= 0.6 is 0 Å². The van der Waals surface area contributed by atoms with Crippen LogP contribution in [0.5, 0.6) is 0 Å². The molecule has 1 N–H and O–H groups in total. The Morgan fingerprint density at radius 2 is 1.47 bits per heavy atom. The fraction of sp³-hybridized carbons (Fsp3) is 0.667. The van der Waals surface area contributed by atoms with E-state index in [0.29, 0.717) is 12.8 Å². The third kappa shape index (κ3) is 4.99. The molecule has 0 spiro atoms. The van der Waals surface area contributed by atoms with Crippen molar-refractivity contribution in [2.45, 2.75) is 26.7 Å². The molecule has 0 bridgehead atoms. The van der Waals surface area contributed by atoms with Crippen molar-refractivity contribution in [3.8, 4) is 0 Å². The lowest BCUT2D eigenvalue weighted by molar-refractivity contribution is -0.141. The van der Waals surface area contributed by atoms with Crippen LogP contribution < -0.4 is 0 Å². The van der Waals surface area contributed by atoms with Crippen molar-refractivity contribution >= 4 is 17.7 Å². The Morgan fingerprint density at radius 1 is 1.07 bits per heavy atom. The summed E-state index contributed by atoms with van der Waals surface area (Å²) in [6.45, 7) is 3.94. The molecule has 0 heterocycles. The molecule has 6 nitrogen and oxygen atoms in total. The van der Waals surface area contributed by atoms with Crippen LogP contribution in [0.2, 0.25) is 0 Å². The average molecular weight is 217 g/mol. The highest BCUT2D eigenvalue weighted by Gasteiger charge is 2.24. The number of ether oxygens (including phenoxy) is 2. The van der Waals surface area contributed by atoms with Crippen LogP contribution in [0.25, 0.3) is 0 Å². The first-order valence-corrected chi connectivity index (χ1v) is 4.73. The molecule has 0 fully saturated rings. The maximum absolute atomic E-state index is 11.1. The van der Waals surface area contributed by atoms with Gasteiger partial charge in [-0.05, 0) is 12.8 Å². The highest BCUT2D eigenvalue weighted by atomic mass is 16.6. The topological polar surface area (TPSA) is 85.2 Å². The van der Waals surface area contributed by atoms with Crippen molar-refractivity contribution in [1.82, 2.24) is 0 Å². The molecule has 0 aromatic heterocycles. The van der Waals surface area contributed by atoms with Gasteiger partial charge in [-0.15, -0.1) is 0 Å². The number of esters is 2. The second kappa shape index (κ2) is 7.78. The second-order valence-electron chi connectivity index (χ2n) is 2.72. The van der Waals surface area contributed by atoms with Gasteiger partial charge in [0.2, 0.25) is 0 Å². The van der Waals surface area contributed by atoms with Gasteiger partial charge in [-0.2, -0.15) is 0 Å². The molecule has 0 amide bonds. The highest BCUT2D eigenvalue weighted by molar-refractivity contribution is 6.62. The molecule has 0 radical (unpaired) electrons. The molecule has 0 aromatic carbocycles. The molecule has 0 atom stereocenters. The monoisotopic (exact) mass is 217 g/mol.